The Morgan fingerprint density at radius 1 is 1.00 bits per heavy atom. The van der Waals surface area contributed by atoms with Crippen LogP contribution >= 0.6 is 0 Å². The zero-order chi connectivity index (χ0) is 12.7. The normalized spacial score (nSPS) is 12.4. The van der Waals surface area contributed by atoms with Crippen LogP contribution in [0.4, 0.5) is 0 Å². The predicted molar refractivity (Wildman–Crippen MR) is 49.9 cm³/mol. The smallest absolute Gasteiger partial charge is 0.317 e. The van der Waals surface area contributed by atoms with Gasteiger partial charge >= 0.3 is 17.9 Å². The van der Waals surface area contributed by atoms with E-state index >= 15 is 0 Å². The number of aliphatic carboxylic acids is 3. The fraction of sp³-hybridized carbons (Fsp3) is 0.625. The molecule has 16 heavy (non-hydrogen) atoms. The van der Waals surface area contributed by atoms with E-state index < -0.39 is 43.5 Å². The van der Waals surface area contributed by atoms with Crippen LogP contribution in [0.2, 0.25) is 0 Å². The van der Waals surface area contributed by atoms with Crippen LogP contribution in [0.25, 0.3) is 0 Å². The SMILES string of the molecule is O=C(O)CN(CC(=O)O)CC(CO)C(=O)O. The highest BCUT2D eigenvalue weighted by Gasteiger charge is 2.22. The van der Waals surface area contributed by atoms with Gasteiger partial charge in [0, 0.05) is 6.54 Å². The lowest BCUT2D eigenvalue weighted by atomic mass is 10.1. The molecule has 0 aliphatic rings. The maximum atomic E-state index is 10.6. The lowest BCUT2D eigenvalue weighted by Crippen LogP contribution is -2.40. The fourth-order valence-corrected chi connectivity index (χ4v) is 1.09. The number of hydrogen-bond acceptors (Lipinski definition) is 5. The van der Waals surface area contributed by atoms with Crippen molar-refractivity contribution in [3.05, 3.63) is 0 Å². The summed E-state index contributed by atoms with van der Waals surface area (Å²) in [6, 6.07) is 0. The Labute approximate surface area is 90.7 Å². The van der Waals surface area contributed by atoms with E-state index in [-0.39, 0.29) is 6.54 Å². The second-order valence-corrected chi connectivity index (χ2v) is 3.17. The largest absolute Gasteiger partial charge is 0.481 e. The van der Waals surface area contributed by atoms with Gasteiger partial charge in [0.25, 0.3) is 0 Å². The van der Waals surface area contributed by atoms with Gasteiger partial charge in [-0.1, -0.05) is 0 Å². The van der Waals surface area contributed by atoms with E-state index in [2.05, 4.69) is 0 Å². The van der Waals surface area contributed by atoms with Crippen LogP contribution in [0.1, 0.15) is 0 Å². The summed E-state index contributed by atoms with van der Waals surface area (Å²) in [5.74, 6) is -5.02. The number of carboxylic acids is 3. The molecule has 0 aliphatic carbocycles. The Morgan fingerprint density at radius 2 is 1.44 bits per heavy atom. The molecular formula is C8H13NO7. The molecular weight excluding hydrogens is 222 g/mol. The molecule has 0 fully saturated rings. The molecule has 0 aliphatic heterocycles. The van der Waals surface area contributed by atoms with Crippen molar-refractivity contribution in [3.63, 3.8) is 0 Å². The second kappa shape index (κ2) is 6.75. The summed E-state index contributed by atoms with van der Waals surface area (Å²) >= 11 is 0. The molecule has 0 saturated carbocycles. The lowest BCUT2D eigenvalue weighted by Gasteiger charge is -2.20. The molecule has 0 amide bonds. The predicted octanol–water partition coefficient (Wildman–Crippen LogP) is -1.85. The van der Waals surface area contributed by atoms with E-state index in [1.165, 1.54) is 0 Å². The number of carbonyl (C=O) groups is 3. The van der Waals surface area contributed by atoms with Crippen LogP contribution in [0.5, 0.6) is 0 Å². The van der Waals surface area contributed by atoms with Gasteiger partial charge in [-0.15, -0.1) is 0 Å². The maximum absolute atomic E-state index is 10.6. The summed E-state index contributed by atoms with van der Waals surface area (Å²) < 4.78 is 0. The summed E-state index contributed by atoms with van der Waals surface area (Å²) in [5, 5.41) is 34.3. The van der Waals surface area contributed by atoms with Gasteiger partial charge in [-0.25, -0.2) is 0 Å². The van der Waals surface area contributed by atoms with Crippen LogP contribution in [-0.2, 0) is 14.4 Å². The Hall–Kier alpha value is -1.67. The van der Waals surface area contributed by atoms with Crippen LogP contribution in [0.15, 0.2) is 0 Å². The number of carboxylic acid groups (broad SMARTS) is 3. The van der Waals surface area contributed by atoms with E-state index in [1.807, 2.05) is 0 Å². The molecule has 0 aromatic carbocycles. The van der Waals surface area contributed by atoms with Crippen molar-refractivity contribution in [2.45, 2.75) is 0 Å². The van der Waals surface area contributed by atoms with Gasteiger partial charge in [0.05, 0.1) is 25.6 Å². The molecule has 0 radical (unpaired) electrons. The van der Waals surface area contributed by atoms with Gasteiger partial charge in [0.15, 0.2) is 0 Å². The fourth-order valence-electron chi connectivity index (χ4n) is 1.09. The van der Waals surface area contributed by atoms with Gasteiger partial charge in [-0.2, -0.15) is 0 Å². The first kappa shape index (κ1) is 14.3. The standard InChI is InChI=1S/C8H13NO7/c10-4-5(8(15)16)1-9(2-6(11)12)3-7(13)14/h5,10H,1-4H2,(H,11,12)(H,13,14)(H,15,16). The monoisotopic (exact) mass is 235 g/mol. The molecule has 0 heterocycles. The van der Waals surface area contributed by atoms with Gasteiger partial charge in [-0.3, -0.25) is 19.3 Å². The first-order chi connectivity index (χ1) is 7.36. The minimum absolute atomic E-state index is 0.329. The van der Waals surface area contributed by atoms with Gasteiger partial charge in [-0.05, 0) is 0 Å². The zero-order valence-electron chi connectivity index (χ0n) is 8.37. The van der Waals surface area contributed by atoms with Crippen molar-refractivity contribution in [3.8, 4) is 0 Å². The van der Waals surface area contributed by atoms with E-state index in [1.54, 1.807) is 0 Å². The molecule has 8 heteroatoms. The Bertz CT molecular complexity index is 262. The Morgan fingerprint density at radius 3 is 1.69 bits per heavy atom. The summed E-state index contributed by atoms with van der Waals surface area (Å²) in [5.41, 5.74) is 0. The minimum Gasteiger partial charge on any atom is -0.481 e. The summed E-state index contributed by atoms with van der Waals surface area (Å²) in [6.45, 7) is -2.18. The number of aliphatic hydroxyl groups excluding tert-OH is 1. The van der Waals surface area contributed by atoms with E-state index in [0.717, 1.165) is 4.90 Å². The highest BCUT2D eigenvalue weighted by Crippen LogP contribution is 2.00. The quantitative estimate of drug-likeness (QED) is 0.385. The van der Waals surface area contributed by atoms with Crippen molar-refractivity contribution in [1.29, 1.82) is 0 Å². The van der Waals surface area contributed by atoms with Crippen molar-refractivity contribution in [1.82, 2.24) is 4.90 Å². The molecule has 92 valence electrons. The first-order valence-electron chi connectivity index (χ1n) is 4.36. The molecule has 0 rings (SSSR count). The molecule has 8 nitrogen and oxygen atoms in total. The molecule has 1 unspecified atom stereocenters. The molecule has 0 spiro atoms. The topological polar surface area (TPSA) is 135 Å². The van der Waals surface area contributed by atoms with Crippen molar-refractivity contribution in [2.75, 3.05) is 26.2 Å². The summed E-state index contributed by atoms with van der Waals surface area (Å²) in [6.07, 6.45) is 0. The van der Waals surface area contributed by atoms with E-state index in [4.69, 9.17) is 20.4 Å². The zero-order valence-corrected chi connectivity index (χ0v) is 8.37. The molecule has 4 N–H and O–H groups in total. The third-order valence-electron chi connectivity index (χ3n) is 1.77. The average Bonchev–Trinajstić information content (AvgIpc) is 2.11. The maximum Gasteiger partial charge on any atom is 0.317 e. The Kier molecular flexibility index (Phi) is 6.04. The summed E-state index contributed by atoms with van der Waals surface area (Å²) in [4.78, 5) is 32.3. The molecule has 0 bridgehead atoms. The minimum atomic E-state index is -1.30. The van der Waals surface area contributed by atoms with Gasteiger partial charge < -0.3 is 20.4 Å². The highest BCUT2D eigenvalue weighted by molar-refractivity contribution is 5.73. The van der Waals surface area contributed by atoms with Crippen LogP contribution < -0.4 is 0 Å². The highest BCUT2D eigenvalue weighted by atomic mass is 16.4. The third kappa shape index (κ3) is 5.94. The van der Waals surface area contributed by atoms with Gasteiger partial charge in [0.2, 0.25) is 0 Å². The van der Waals surface area contributed by atoms with Crippen molar-refractivity contribution >= 4 is 17.9 Å². The molecule has 0 saturated heterocycles. The number of rotatable bonds is 8. The lowest BCUT2D eigenvalue weighted by molar-refractivity contribution is -0.148. The van der Waals surface area contributed by atoms with Crippen molar-refractivity contribution in [2.24, 2.45) is 5.92 Å². The van der Waals surface area contributed by atoms with Crippen LogP contribution in [-0.4, -0.2) is 69.5 Å². The first-order valence-corrected chi connectivity index (χ1v) is 4.36. The van der Waals surface area contributed by atoms with Crippen molar-refractivity contribution < 1.29 is 34.8 Å². The van der Waals surface area contributed by atoms with Gasteiger partial charge in [0.1, 0.15) is 0 Å². The van der Waals surface area contributed by atoms with Crippen LogP contribution in [0, 0.1) is 5.92 Å². The molecule has 0 aromatic heterocycles. The van der Waals surface area contributed by atoms with E-state index in [9.17, 15) is 14.4 Å². The Balaban J connectivity index is 4.44. The second-order valence-electron chi connectivity index (χ2n) is 3.17. The van der Waals surface area contributed by atoms with Crippen LogP contribution in [0.3, 0.4) is 0 Å². The number of aliphatic hydroxyl groups is 1. The molecule has 0 aromatic rings. The molecule has 1 atom stereocenters. The van der Waals surface area contributed by atoms with E-state index in [0.29, 0.717) is 0 Å². The summed E-state index contributed by atoms with van der Waals surface area (Å²) in [7, 11) is 0. The number of hydrogen-bond donors (Lipinski definition) is 4. The number of nitrogens with zero attached hydrogens (tertiary/aromatic N) is 1. The average molecular weight is 235 g/mol. The third-order valence-corrected chi connectivity index (χ3v) is 1.77.